The minimum Gasteiger partial charge on any atom is -0.466 e. The summed E-state index contributed by atoms with van der Waals surface area (Å²) in [6.07, 6.45) is 4.06. The molecule has 2 amide bonds. The van der Waals surface area contributed by atoms with Gasteiger partial charge in [0, 0.05) is 12.1 Å². The van der Waals surface area contributed by atoms with Gasteiger partial charge < -0.3 is 24.4 Å². The zero-order chi connectivity index (χ0) is 28.8. The first kappa shape index (κ1) is 30.6. The van der Waals surface area contributed by atoms with Gasteiger partial charge in [0.1, 0.15) is 17.6 Å². The van der Waals surface area contributed by atoms with Crippen molar-refractivity contribution in [3.63, 3.8) is 0 Å². The number of rotatable bonds is 11. The predicted octanol–water partition coefficient (Wildman–Crippen LogP) is 3.95. The fourth-order valence-corrected chi connectivity index (χ4v) is 7.81. The van der Waals surface area contributed by atoms with E-state index >= 15 is 0 Å². The van der Waals surface area contributed by atoms with E-state index in [-0.39, 0.29) is 36.4 Å². The van der Waals surface area contributed by atoms with Crippen molar-refractivity contribution >= 4 is 17.8 Å². The summed E-state index contributed by atoms with van der Waals surface area (Å²) in [5, 5.41) is 10.4. The number of ether oxygens (including phenoxy) is 2. The lowest BCUT2D eigenvalue weighted by Crippen LogP contribution is -2.63. The van der Waals surface area contributed by atoms with Gasteiger partial charge in [0.05, 0.1) is 30.8 Å². The number of nitrogens with zero attached hydrogens (tertiary/aromatic N) is 2. The van der Waals surface area contributed by atoms with Crippen molar-refractivity contribution in [2.45, 2.75) is 117 Å². The number of carbonyl (C=O) groups is 3. The number of likely N-dealkylation sites (tertiary alicyclic amines) is 1. The number of esters is 1. The van der Waals surface area contributed by atoms with Crippen molar-refractivity contribution in [2.75, 3.05) is 19.8 Å². The van der Waals surface area contributed by atoms with Gasteiger partial charge in [-0.3, -0.25) is 14.4 Å². The van der Waals surface area contributed by atoms with E-state index in [4.69, 9.17) is 9.47 Å². The van der Waals surface area contributed by atoms with Gasteiger partial charge in [-0.05, 0) is 57.8 Å². The number of aliphatic hydroxyl groups is 1. The van der Waals surface area contributed by atoms with Crippen LogP contribution in [0.5, 0.6) is 0 Å². The summed E-state index contributed by atoms with van der Waals surface area (Å²) in [5.41, 5.74) is -2.58. The molecule has 8 nitrogen and oxygen atoms in total. The van der Waals surface area contributed by atoms with E-state index in [2.05, 4.69) is 27.4 Å². The van der Waals surface area contributed by atoms with Gasteiger partial charge in [0.25, 0.3) is 0 Å². The third kappa shape index (κ3) is 4.80. The minimum atomic E-state index is -1.15. The van der Waals surface area contributed by atoms with Crippen LogP contribution in [0.3, 0.4) is 0 Å². The molecule has 3 fully saturated rings. The second kappa shape index (κ2) is 10.6. The van der Waals surface area contributed by atoms with Gasteiger partial charge in [-0.15, -0.1) is 6.58 Å². The number of amides is 2. The lowest BCUT2D eigenvalue weighted by molar-refractivity contribution is -0.165. The van der Waals surface area contributed by atoms with Crippen LogP contribution in [0.4, 0.5) is 0 Å². The van der Waals surface area contributed by atoms with E-state index in [1.165, 1.54) is 0 Å². The van der Waals surface area contributed by atoms with Gasteiger partial charge in [-0.1, -0.05) is 47.6 Å². The summed E-state index contributed by atoms with van der Waals surface area (Å²) >= 11 is 0. The van der Waals surface area contributed by atoms with Gasteiger partial charge in [0.15, 0.2) is 0 Å². The van der Waals surface area contributed by atoms with Gasteiger partial charge in [-0.25, -0.2) is 0 Å². The number of hydrogen-bond donors (Lipinski definition) is 1. The molecule has 2 bridgehead atoms. The molecule has 216 valence electrons. The number of carbonyl (C=O) groups excluding carboxylic acids is 3. The Balaban J connectivity index is 2.21. The van der Waals surface area contributed by atoms with E-state index in [1.54, 1.807) is 17.9 Å². The van der Waals surface area contributed by atoms with Crippen LogP contribution in [0.2, 0.25) is 0 Å². The number of fused-ring (bicyclic) bond motifs is 1. The molecule has 1 N–H and O–H groups in total. The Morgan fingerprint density at radius 2 is 1.87 bits per heavy atom. The van der Waals surface area contributed by atoms with Crippen LogP contribution >= 0.6 is 0 Å². The lowest BCUT2D eigenvalue weighted by Gasteiger charge is -2.47. The van der Waals surface area contributed by atoms with Crippen LogP contribution in [0.15, 0.2) is 12.7 Å². The molecule has 6 atom stereocenters. The van der Waals surface area contributed by atoms with Crippen LogP contribution < -0.4 is 0 Å². The Labute approximate surface area is 229 Å². The molecule has 0 radical (unpaired) electrons. The largest absolute Gasteiger partial charge is 0.466 e. The average Bonchev–Trinajstić information content (AvgIpc) is 3.40. The van der Waals surface area contributed by atoms with Crippen LogP contribution in [0, 0.1) is 23.2 Å². The third-order valence-corrected chi connectivity index (χ3v) is 8.98. The molecule has 0 saturated carbocycles. The molecule has 3 saturated heterocycles. The molecule has 0 aromatic heterocycles. The average molecular weight is 535 g/mol. The topological polar surface area (TPSA) is 96.4 Å². The fourth-order valence-electron chi connectivity index (χ4n) is 7.81. The molecule has 1 spiro atoms. The summed E-state index contributed by atoms with van der Waals surface area (Å²) in [4.78, 5) is 45.9. The van der Waals surface area contributed by atoms with Crippen molar-refractivity contribution in [1.82, 2.24) is 9.80 Å². The highest BCUT2D eigenvalue weighted by molar-refractivity contribution is 5.99. The lowest BCUT2D eigenvalue weighted by atomic mass is 9.65. The van der Waals surface area contributed by atoms with E-state index in [0.717, 1.165) is 6.42 Å². The quantitative estimate of drug-likeness (QED) is 0.319. The normalized spacial score (nSPS) is 31.5. The SMILES string of the molecule is C=CCN(C(=O)C1N([C@@H](CO)C(C)C)C(=O)[C@@H]2[C@@H](C(=O)OCC)[C@@]3(CC)CCC12O3)C(C)(C)CC(C)(C)C. The first-order valence-electron chi connectivity index (χ1n) is 14.3. The molecule has 0 aromatic rings. The maximum Gasteiger partial charge on any atom is 0.312 e. The highest BCUT2D eigenvalue weighted by Crippen LogP contribution is 2.65. The fraction of sp³-hybridized carbons (Fsp3) is 0.833. The maximum absolute atomic E-state index is 14.8. The van der Waals surface area contributed by atoms with Crippen molar-refractivity contribution < 1.29 is 29.0 Å². The molecule has 0 aliphatic carbocycles. The van der Waals surface area contributed by atoms with E-state index < -0.39 is 46.6 Å². The van der Waals surface area contributed by atoms with Crippen molar-refractivity contribution in [3.8, 4) is 0 Å². The first-order chi connectivity index (χ1) is 17.6. The van der Waals surface area contributed by atoms with E-state index in [0.29, 0.717) is 25.8 Å². The standard InChI is InChI=1S/C30H50N2O6/c1-11-16-31(28(9,10)18-27(6,7)8)25(35)23-30-15-14-29(12-2,38-30)22(26(36)37-13-3)21(30)24(34)32(23)20(17-33)19(4)5/h11,19-23,33H,1,12-18H2,2-10H3/t20-,21-,22-,23?,29+,30?/m0/s1. The summed E-state index contributed by atoms with van der Waals surface area (Å²) < 4.78 is 12.3. The molecule has 8 heteroatoms. The minimum absolute atomic E-state index is 0.0512. The zero-order valence-corrected chi connectivity index (χ0v) is 25.0. The smallest absolute Gasteiger partial charge is 0.312 e. The monoisotopic (exact) mass is 534 g/mol. The Hall–Kier alpha value is -1.93. The molecule has 3 heterocycles. The summed E-state index contributed by atoms with van der Waals surface area (Å²) in [7, 11) is 0. The van der Waals surface area contributed by atoms with Crippen molar-refractivity contribution in [2.24, 2.45) is 23.2 Å². The summed E-state index contributed by atoms with van der Waals surface area (Å²) in [6.45, 7) is 22.2. The van der Waals surface area contributed by atoms with Crippen LogP contribution in [-0.4, -0.2) is 81.3 Å². The Kier molecular flexibility index (Phi) is 8.51. The van der Waals surface area contributed by atoms with Gasteiger partial charge in [-0.2, -0.15) is 0 Å². The van der Waals surface area contributed by atoms with Crippen LogP contribution in [0.1, 0.15) is 88.0 Å². The molecule has 3 rings (SSSR count). The zero-order valence-electron chi connectivity index (χ0n) is 25.0. The highest BCUT2D eigenvalue weighted by Gasteiger charge is 2.80. The Morgan fingerprint density at radius 3 is 2.34 bits per heavy atom. The van der Waals surface area contributed by atoms with E-state index in [9.17, 15) is 19.5 Å². The summed E-state index contributed by atoms with van der Waals surface area (Å²) in [6, 6.07) is -1.54. The van der Waals surface area contributed by atoms with Crippen LogP contribution in [-0.2, 0) is 23.9 Å². The number of hydrogen-bond acceptors (Lipinski definition) is 6. The summed E-state index contributed by atoms with van der Waals surface area (Å²) in [5.74, 6) is -2.67. The maximum atomic E-state index is 14.8. The Morgan fingerprint density at radius 1 is 1.24 bits per heavy atom. The highest BCUT2D eigenvalue weighted by atomic mass is 16.6. The van der Waals surface area contributed by atoms with Gasteiger partial charge >= 0.3 is 5.97 Å². The molecule has 3 aliphatic heterocycles. The van der Waals surface area contributed by atoms with Crippen molar-refractivity contribution in [1.29, 1.82) is 0 Å². The molecule has 3 aliphatic rings. The van der Waals surface area contributed by atoms with Gasteiger partial charge in [0.2, 0.25) is 11.8 Å². The second-order valence-electron chi connectivity index (χ2n) is 13.6. The van der Waals surface area contributed by atoms with Crippen molar-refractivity contribution in [3.05, 3.63) is 12.7 Å². The molecular formula is C30H50N2O6. The van der Waals surface area contributed by atoms with E-state index in [1.807, 2.05) is 39.5 Å². The molecule has 0 aromatic carbocycles. The molecular weight excluding hydrogens is 484 g/mol. The second-order valence-corrected chi connectivity index (χ2v) is 13.6. The molecule has 2 unspecified atom stereocenters. The Bertz CT molecular complexity index is 940. The third-order valence-electron chi connectivity index (χ3n) is 8.98. The molecule has 38 heavy (non-hydrogen) atoms. The predicted molar refractivity (Wildman–Crippen MR) is 146 cm³/mol. The first-order valence-corrected chi connectivity index (χ1v) is 14.3. The number of aliphatic hydroxyl groups excluding tert-OH is 1. The van der Waals surface area contributed by atoms with Crippen LogP contribution in [0.25, 0.3) is 0 Å².